The summed E-state index contributed by atoms with van der Waals surface area (Å²) in [4.78, 5) is 4.23. The summed E-state index contributed by atoms with van der Waals surface area (Å²) in [7, 11) is 0. The van der Waals surface area contributed by atoms with Gasteiger partial charge in [-0.3, -0.25) is 4.90 Å². The van der Waals surface area contributed by atoms with Crippen LogP contribution in [0.25, 0.3) is 0 Å². The van der Waals surface area contributed by atoms with Gasteiger partial charge in [0, 0.05) is 35.0 Å². The molecule has 0 bridgehead atoms. The van der Waals surface area contributed by atoms with Gasteiger partial charge in [-0.25, -0.2) is 0 Å². The molecule has 1 aromatic heterocycles. The second-order valence-electron chi connectivity index (χ2n) is 5.60. The summed E-state index contributed by atoms with van der Waals surface area (Å²) in [5.41, 5.74) is 0. The van der Waals surface area contributed by atoms with Gasteiger partial charge in [0.05, 0.1) is 0 Å². The third-order valence-electron chi connectivity index (χ3n) is 4.02. The van der Waals surface area contributed by atoms with E-state index in [1.165, 1.54) is 62.5 Å². The Kier molecular flexibility index (Phi) is 5.22. The molecular formula is C15H24N2S2. The summed E-state index contributed by atoms with van der Waals surface area (Å²) >= 11 is 4.11. The van der Waals surface area contributed by atoms with Crippen molar-refractivity contribution >= 4 is 23.1 Å². The van der Waals surface area contributed by atoms with Crippen LogP contribution in [0.4, 0.5) is 0 Å². The predicted octanol–water partition coefficient (Wildman–Crippen LogP) is 3.20. The highest BCUT2D eigenvalue weighted by atomic mass is 32.2. The van der Waals surface area contributed by atoms with Gasteiger partial charge in [-0.2, -0.15) is 11.8 Å². The Morgan fingerprint density at radius 2 is 2.11 bits per heavy atom. The Morgan fingerprint density at radius 3 is 2.79 bits per heavy atom. The Hall–Kier alpha value is -0.0300. The second-order valence-corrected chi connectivity index (χ2v) is 8.04. The molecule has 2 heterocycles. The molecule has 1 N–H and O–H groups in total. The third-order valence-corrected chi connectivity index (χ3v) is 6.24. The largest absolute Gasteiger partial charge is 0.317 e. The molecule has 0 atom stereocenters. The van der Waals surface area contributed by atoms with Gasteiger partial charge in [-0.05, 0) is 50.2 Å². The Bertz CT molecular complexity index is 356. The first-order valence-electron chi connectivity index (χ1n) is 7.50. The molecule has 106 valence electrons. The maximum absolute atomic E-state index is 3.45. The van der Waals surface area contributed by atoms with Gasteiger partial charge in [0.15, 0.2) is 0 Å². The summed E-state index contributed by atoms with van der Waals surface area (Å²) in [6, 6.07) is 5.34. The SMILES string of the molecule is c1csc(CN(CCSC2CCNCC2)C2CC2)c1. The molecule has 0 radical (unpaired) electrons. The van der Waals surface area contributed by atoms with Gasteiger partial charge in [0.1, 0.15) is 0 Å². The molecule has 1 saturated carbocycles. The van der Waals surface area contributed by atoms with E-state index in [2.05, 4.69) is 39.5 Å². The van der Waals surface area contributed by atoms with E-state index in [0.717, 1.165) is 11.3 Å². The van der Waals surface area contributed by atoms with Gasteiger partial charge in [0.25, 0.3) is 0 Å². The fourth-order valence-corrected chi connectivity index (χ4v) is 4.70. The summed E-state index contributed by atoms with van der Waals surface area (Å²) in [6.45, 7) is 4.89. The molecule has 4 heteroatoms. The molecule has 1 aliphatic heterocycles. The van der Waals surface area contributed by atoms with Crippen molar-refractivity contribution in [2.45, 2.75) is 43.5 Å². The number of thioether (sulfide) groups is 1. The van der Waals surface area contributed by atoms with Crippen LogP contribution in [-0.4, -0.2) is 41.6 Å². The van der Waals surface area contributed by atoms with Crippen LogP contribution >= 0.6 is 23.1 Å². The number of nitrogens with one attached hydrogen (secondary N) is 1. The highest BCUT2D eigenvalue weighted by molar-refractivity contribution is 7.99. The van der Waals surface area contributed by atoms with Crippen LogP contribution in [0.5, 0.6) is 0 Å². The van der Waals surface area contributed by atoms with Crippen molar-refractivity contribution < 1.29 is 0 Å². The maximum atomic E-state index is 3.45. The van der Waals surface area contributed by atoms with Gasteiger partial charge in [-0.1, -0.05) is 6.07 Å². The van der Waals surface area contributed by atoms with E-state index < -0.39 is 0 Å². The summed E-state index contributed by atoms with van der Waals surface area (Å²) in [6.07, 6.45) is 5.56. The van der Waals surface area contributed by atoms with Crippen LogP contribution in [0, 0.1) is 0 Å². The van der Waals surface area contributed by atoms with Crippen molar-refractivity contribution in [3.8, 4) is 0 Å². The van der Waals surface area contributed by atoms with Gasteiger partial charge in [0.2, 0.25) is 0 Å². The van der Waals surface area contributed by atoms with Crippen LogP contribution in [0.1, 0.15) is 30.6 Å². The average molecular weight is 297 g/mol. The van der Waals surface area contributed by atoms with Crippen molar-refractivity contribution in [3.63, 3.8) is 0 Å². The number of hydrogen-bond donors (Lipinski definition) is 1. The molecule has 0 unspecified atom stereocenters. The second kappa shape index (κ2) is 7.11. The molecule has 0 spiro atoms. The summed E-state index contributed by atoms with van der Waals surface area (Å²) < 4.78 is 0. The van der Waals surface area contributed by atoms with E-state index in [9.17, 15) is 0 Å². The van der Waals surface area contributed by atoms with E-state index in [0.29, 0.717) is 0 Å². The van der Waals surface area contributed by atoms with Crippen molar-refractivity contribution in [1.82, 2.24) is 10.2 Å². The van der Waals surface area contributed by atoms with Crippen LogP contribution < -0.4 is 5.32 Å². The lowest BCUT2D eigenvalue weighted by Crippen LogP contribution is -2.31. The highest BCUT2D eigenvalue weighted by Crippen LogP contribution is 2.30. The lowest BCUT2D eigenvalue weighted by molar-refractivity contribution is 0.274. The fourth-order valence-electron chi connectivity index (χ4n) is 2.73. The highest BCUT2D eigenvalue weighted by Gasteiger charge is 2.28. The number of piperidine rings is 1. The van der Waals surface area contributed by atoms with Crippen LogP contribution in [0.3, 0.4) is 0 Å². The number of thiophene rings is 1. The first kappa shape index (κ1) is 13.9. The first-order chi connectivity index (χ1) is 9.42. The van der Waals surface area contributed by atoms with Crippen LogP contribution in [-0.2, 0) is 6.54 Å². The minimum absolute atomic E-state index is 0.885. The topological polar surface area (TPSA) is 15.3 Å². The maximum Gasteiger partial charge on any atom is 0.0331 e. The van der Waals surface area contributed by atoms with Gasteiger partial charge in [-0.15, -0.1) is 11.3 Å². The molecule has 0 aromatic carbocycles. The normalized spacial score (nSPS) is 21.1. The summed E-state index contributed by atoms with van der Waals surface area (Å²) in [5.74, 6) is 1.31. The molecule has 2 fully saturated rings. The number of nitrogens with zero attached hydrogens (tertiary/aromatic N) is 1. The number of rotatable bonds is 7. The minimum atomic E-state index is 0.885. The number of hydrogen-bond acceptors (Lipinski definition) is 4. The lowest BCUT2D eigenvalue weighted by atomic mass is 10.2. The molecule has 1 aromatic rings. The minimum Gasteiger partial charge on any atom is -0.317 e. The van der Waals surface area contributed by atoms with E-state index in [1.54, 1.807) is 0 Å². The Labute approximate surface area is 125 Å². The van der Waals surface area contributed by atoms with Crippen molar-refractivity contribution in [3.05, 3.63) is 22.4 Å². The predicted molar refractivity (Wildman–Crippen MR) is 86.1 cm³/mol. The van der Waals surface area contributed by atoms with Crippen molar-refractivity contribution in [1.29, 1.82) is 0 Å². The van der Waals surface area contributed by atoms with Crippen molar-refractivity contribution in [2.75, 3.05) is 25.4 Å². The van der Waals surface area contributed by atoms with Crippen LogP contribution in [0.15, 0.2) is 17.5 Å². The first-order valence-corrected chi connectivity index (χ1v) is 9.43. The average Bonchev–Trinajstić information content (AvgIpc) is 3.17. The molecule has 0 amide bonds. The van der Waals surface area contributed by atoms with E-state index in [-0.39, 0.29) is 0 Å². The van der Waals surface area contributed by atoms with E-state index >= 15 is 0 Å². The molecule has 2 aliphatic rings. The van der Waals surface area contributed by atoms with E-state index in [1.807, 2.05) is 11.3 Å². The third kappa shape index (κ3) is 4.48. The zero-order chi connectivity index (χ0) is 12.9. The fraction of sp³-hybridized carbons (Fsp3) is 0.733. The molecule has 1 aliphatic carbocycles. The lowest BCUT2D eigenvalue weighted by Gasteiger charge is -2.25. The Morgan fingerprint density at radius 1 is 1.26 bits per heavy atom. The molecular weight excluding hydrogens is 272 g/mol. The quantitative estimate of drug-likeness (QED) is 0.832. The van der Waals surface area contributed by atoms with Gasteiger partial charge >= 0.3 is 0 Å². The molecule has 19 heavy (non-hydrogen) atoms. The molecule has 3 rings (SSSR count). The van der Waals surface area contributed by atoms with E-state index in [4.69, 9.17) is 0 Å². The smallest absolute Gasteiger partial charge is 0.0331 e. The monoisotopic (exact) mass is 296 g/mol. The van der Waals surface area contributed by atoms with Gasteiger partial charge < -0.3 is 5.32 Å². The van der Waals surface area contributed by atoms with Crippen LogP contribution in [0.2, 0.25) is 0 Å². The molecule has 2 nitrogen and oxygen atoms in total. The zero-order valence-corrected chi connectivity index (χ0v) is 13.1. The Balaban J connectivity index is 1.40. The molecule has 1 saturated heterocycles. The summed E-state index contributed by atoms with van der Waals surface area (Å²) in [5, 5.41) is 6.55. The zero-order valence-electron chi connectivity index (χ0n) is 11.5. The standard InChI is InChI=1S/C15H24N2S2/c1-2-15(18-10-1)12-17(13-3-4-13)9-11-19-14-5-7-16-8-6-14/h1-2,10,13-14,16H,3-9,11-12H2. The van der Waals surface area contributed by atoms with Crippen molar-refractivity contribution in [2.24, 2.45) is 0 Å².